The zero-order valence-corrected chi connectivity index (χ0v) is 11.5. The van der Waals surface area contributed by atoms with Crippen LogP contribution in [0.3, 0.4) is 0 Å². The number of fused-ring (bicyclic) bond motifs is 1. The van der Waals surface area contributed by atoms with Gasteiger partial charge in [-0.25, -0.2) is 0 Å². The van der Waals surface area contributed by atoms with Crippen LogP contribution in [0.5, 0.6) is 0 Å². The van der Waals surface area contributed by atoms with E-state index in [1.54, 1.807) is 23.1 Å². The van der Waals surface area contributed by atoms with Gasteiger partial charge in [0.25, 0.3) is 5.91 Å². The van der Waals surface area contributed by atoms with Crippen molar-refractivity contribution < 1.29 is 14.7 Å². The van der Waals surface area contributed by atoms with Gasteiger partial charge in [-0.3, -0.25) is 9.59 Å². The fourth-order valence-electron chi connectivity index (χ4n) is 2.82. The van der Waals surface area contributed by atoms with E-state index in [2.05, 4.69) is 15.4 Å². The molecule has 3 rings (SSSR count). The highest BCUT2D eigenvalue weighted by Crippen LogP contribution is 2.23. The van der Waals surface area contributed by atoms with Crippen molar-refractivity contribution in [3.8, 4) is 0 Å². The molecule has 1 amide bonds. The van der Waals surface area contributed by atoms with Crippen molar-refractivity contribution in [2.24, 2.45) is 0 Å². The number of piperidine rings is 1. The van der Waals surface area contributed by atoms with Crippen molar-refractivity contribution in [2.45, 2.75) is 31.7 Å². The molecule has 2 N–H and O–H groups in total. The highest BCUT2D eigenvalue weighted by atomic mass is 16.4. The molecule has 7 heteroatoms. The third-order valence-corrected chi connectivity index (χ3v) is 3.86. The molecule has 1 unspecified atom stereocenters. The Labute approximate surface area is 120 Å². The zero-order valence-electron chi connectivity index (χ0n) is 11.5. The summed E-state index contributed by atoms with van der Waals surface area (Å²) in [5.41, 5.74) is 1.86. The second kappa shape index (κ2) is 5.51. The molecule has 1 aromatic carbocycles. The quantitative estimate of drug-likeness (QED) is 0.890. The van der Waals surface area contributed by atoms with Gasteiger partial charge < -0.3 is 10.0 Å². The predicted octanol–water partition coefficient (Wildman–Crippen LogP) is 1.43. The number of nitrogens with one attached hydrogen (secondary N) is 1. The molecule has 1 saturated heterocycles. The van der Waals surface area contributed by atoms with Crippen molar-refractivity contribution in [3.05, 3.63) is 23.8 Å². The molecule has 1 atom stereocenters. The summed E-state index contributed by atoms with van der Waals surface area (Å²) in [4.78, 5) is 25.3. The second-order valence-electron chi connectivity index (χ2n) is 5.27. The Hall–Kier alpha value is -2.44. The molecule has 2 aromatic rings. The first-order valence-corrected chi connectivity index (χ1v) is 6.98. The third kappa shape index (κ3) is 2.72. The fourth-order valence-corrected chi connectivity index (χ4v) is 2.82. The number of carboxylic acid groups (broad SMARTS) is 1. The zero-order chi connectivity index (χ0) is 14.8. The van der Waals surface area contributed by atoms with Crippen LogP contribution in [0.1, 0.15) is 36.0 Å². The normalized spacial score (nSPS) is 18.9. The lowest BCUT2D eigenvalue weighted by molar-refractivity contribution is -0.138. The minimum Gasteiger partial charge on any atom is -0.481 e. The van der Waals surface area contributed by atoms with Gasteiger partial charge in [0.1, 0.15) is 11.0 Å². The fraction of sp³-hybridized carbons (Fsp3) is 0.429. The van der Waals surface area contributed by atoms with Gasteiger partial charge in [0.05, 0.1) is 6.42 Å². The Morgan fingerprint density at radius 1 is 1.29 bits per heavy atom. The van der Waals surface area contributed by atoms with E-state index >= 15 is 0 Å². The molecule has 1 aliphatic heterocycles. The van der Waals surface area contributed by atoms with Crippen LogP contribution in [0.25, 0.3) is 11.0 Å². The maximum Gasteiger partial charge on any atom is 0.305 e. The van der Waals surface area contributed by atoms with E-state index in [4.69, 9.17) is 5.11 Å². The van der Waals surface area contributed by atoms with Crippen LogP contribution in [0.2, 0.25) is 0 Å². The van der Waals surface area contributed by atoms with Gasteiger partial charge in [0, 0.05) is 18.2 Å². The Morgan fingerprint density at radius 2 is 2.10 bits per heavy atom. The molecule has 110 valence electrons. The van der Waals surface area contributed by atoms with Crippen LogP contribution >= 0.6 is 0 Å². The number of amides is 1. The Morgan fingerprint density at radius 3 is 2.90 bits per heavy atom. The molecule has 0 aliphatic carbocycles. The molecule has 7 nitrogen and oxygen atoms in total. The Balaban J connectivity index is 1.85. The van der Waals surface area contributed by atoms with E-state index in [9.17, 15) is 9.59 Å². The van der Waals surface area contributed by atoms with Crippen molar-refractivity contribution in [3.63, 3.8) is 0 Å². The lowest BCUT2D eigenvalue weighted by atomic mass is 9.98. The lowest BCUT2D eigenvalue weighted by Gasteiger charge is -2.35. The molecule has 0 saturated carbocycles. The van der Waals surface area contributed by atoms with Crippen molar-refractivity contribution >= 4 is 22.9 Å². The Kier molecular flexibility index (Phi) is 3.55. The average molecular weight is 288 g/mol. The van der Waals surface area contributed by atoms with E-state index in [0.29, 0.717) is 23.1 Å². The van der Waals surface area contributed by atoms with Crippen LogP contribution in [0.4, 0.5) is 0 Å². The molecule has 0 spiro atoms. The largest absolute Gasteiger partial charge is 0.481 e. The first-order valence-electron chi connectivity index (χ1n) is 6.98. The highest BCUT2D eigenvalue weighted by molar-refractivity contribution is 5.97. The molecule has 1 aliphatic rings. The maximum atomic E-state index is 12.6. The maximum absolute atomic E-state index is 12.6. The van der Waals surface area contributed by atoms with E-state index in [0.717, 1.165) is 19.3 Å². The van der Waals surface area contributed by atoms with Crippen LogP contribution in [-0.4, -0.2) is 49.9 Å². The van der Waals surface area contributed by atoms with Gasteiger partial charge in [-0.1, -0.05) is 0 Å². The minimum atomic E-state index is -0.869. The molecule has 1 aromatic heterocycles. The van der Waals surface area contributed by atoms with Gasteiger partial charge in [-0.15, -0.1) is 0 Å². The van der Waals surface area contributed by atoms with Gasteiger partial charge in [-0.05, 0) is 37.5 Å². The number of aromatic nitrogens is 3. The average Bonchev–Trinajstić information content (AvgIpc) is 2.94. The number of likely N-dealkylation sites (tertiary alicyclic amines) is 1. The standard InChI is InChI=1S/C14H16N4O3/c19-13(20)8-10-3-1-2-6-18(10)14(21)9-4-5-11-12(7-9)16-17-15-11/h4-5,7,10H,1-3,6,8H2,(H,19,20)(H,15,16,17). The van der Waals surface area contributed by atoms with Gasteiger partial charge in [0.2, 0.25) is 0 Å². The number of hydrogen-bond acceptors (Lipinski definition) is 4. The third-order valence-electron chi connectivity index (χ3n) is 3.86. The Bertz CT molecular complexity index is 682. The lowest BCUT2D eigenvalue weighted by Crippen LogP contribution is -2.44. The highest BCUT2D eigenvalue weighted by Gasteiger charge is 2.29. The molecule has 0 radical (unpaired) electrons. The summed E-state index contributed by atoms with van der Waals surface area (Å²) in [7, 11) is 0. The number of benzene rings is 1. The second-order valence-corrected chi connectivity index (χ2v) is 5.27. The smallest absolute Gasteiger partial charge is 0.305 e. The number of aliphatic carboxylic acids is 1. The SMILES string of the molecule is O=C(O)CC1CCCCN1C(=O)c1ccc2n[nH]nc2c1. The molecule has 2 heterocycles. The molecule has 0 bridgehead atoms. The number of hydrogen-bond donors (Lipinski definition) is 2. The van der Waals surface area contributed by atoms with E-state index in [1.165, 1.54) is 0 Å². The summed E-state index contributed by atoms with van der Waals surface area (Å²) in [6.07, 6.45) is 2.61. The number of aromatic amines is 1. The summed E-state index contributed by atoms with van der Waals surface area (Å²) in [5.74, 6) is -1.00. The number of carbonyl (C=O) groups excluding carboxylic acids is 1. The topological polar surface area (TPSA) is 99.2 Å². The minimum absolute atomic E-state index is 0.00204. The molecular weight excluding hydrogens is 272 g/mol. The number of H-pyrrole nitrogens is 1. The van der Waals surface area contributed by atoms with Gasteiger partial charge in [0.15, 0.2) is 0 Å². The van der Waals surface area contributed by atoms with E-state index < -0.39 is 5.97 Å². The number of carboxylic acids is 1. The van der Waals surface area contributed by atoms with Crippen LogP contribution in [0.15, 0.2) is 18.2 Å². The first-order chi connectivity index (χ1) is 10.1. The first kappa shape index (κ1) is 13.5. The van der Waals surface area contributed by atoms with Crippen LogP contribution in [0, 0.1) is 0 Å². The number of rotatable bonds is 3. The predicted molar refractivity (Wildman–Crippen MR) is 74.8 cm³/mol. The summed E-state index contributed by atoms with van der Waals surface area (Å²) in [5, 5.41) is 19.4. The van der Waals surface area contributed by atoms with Crippen molar-refractivity contribution in [1.29, 1.82) is 0 Å². The summed E-state index contributed by atoms with van der Waals surface area (Å²) in [6, 6.07) is 4.91. The summed E-state index contributed by atoms with van der Waals surface area (Å²) < 4.78 is 0. The van der Waals surface area contributed by atoms with Gasteiger partial charge >= 0.3 is 5.97 Å². The van der Waals surface area contributed by atoms with E-state index in [-0.39, 0.29) is 18.4 Å². The van der Waals surface area contributed by atoms with Crippen molar-refractivity contribution in [1.82, 2.24) is 20.3 Å². The van der Waals surface area contributed by atoms with E-state index in [1.807, 2.05) is 0 Å². The summed E-state index contributed by atoms with van der Waals surface area (Å²) >= 11 is 0. The molecule has 1 fully saturated rings. The monoisotopic (exact) mass is 288 g/mol. The van der Waals surface area contributed by atoms with Crippen LogP contribution in [-0.2, 0) is 4.79 Å². The van der Waals surface area contributed by atoms with Gasteiger partial charge in [-0.2, -0.15) is 15.4 Å². The number of carbonyl (C=O) groups is 2. The van der Waals surface area contributed by atoms with Crippen LogP contribution < -0.4 is 0 Å². The molecule has 21 heavy (non-hydrogen) atoms. The summed E-state index contributed by atoms with van der Waals surface area (Å²) in [6.45, 7) is 0.605. The molecular formula is C14H16N4O3. The number of nitrogens with zero attached hydrogens (tertiary/aromatic N) is 3. The van der Waals surface area contributed by atoms with Crippen molar-refractivity contribution in [2.75, 3.05) is 6.54 Å².